The molecule has 1 fully saturated rings. The maximum absolute atomic E-state index is 13.7. The van der Waals surface area contributed by atoms with Crippen LogP contribution >= 0.6 is 11.3 Å². The van der Waals surface area contributed by atoms with Crippen molar-refractivity contribution in [2.45, 2.75) is 90.4 Å². The number of likely N-dealkylation sites (tertiary alicyclic amines) is 1. The summed E-state index contributed by atoms with van der Waals surface area (Å²) in [6.45, 7) is 9.22. The molecule has 6 nitrogen and oxygen atoms in total. The fraction of sp³-hybridized carbons (Fsp3) is 0.645. The van der Waals surface area contributed by atoms with E-state index in [9.17, 15) is 9.59 Å². The number of ketones is 1. The summed E-state index contributed by atoms with van der Waals surface area (Å²) in [6, 6.07) is 10.2. The Bertz CT molecular complexity index is 983. The van der Waals surface area contributed by atoms with Crippen molar-refractivity contribution in [3.8, 4) is 0 Å². The van der Waals surface area contributed by atoms with Crippen LogP contribution in [-0.2, 0) is 25.5 Å². The highest BCUT2D eigenvalue weighted by Crippen LogP contribution is 2.32. The Morgan fingerprint density at radius 2 is 1.84 bits per heavy atom. The maximum atomic E-state index is 13.7. The molecule has 0 unspecified atom stereocenters. The van der Waals surface area contributed by atoms with Gasteiger partial charge in [-0.1, -0.05) is 64.4 Å². The standard InChI is InChI=1S/C31H46N2O4S/c1-7-21(2)22(3)28(36-5)20-29(35)33-16-11-14-26(33)30(37-6)23(4)27(34)19-25(31-32-15-17-38-31)18-24-12-9-8-10-13-24/h8-10,12-13,15,17,21-23,25-26,28,30H,7,11,14,16,18-20H2,1-6H3/t21-,22-,23-,25+,26-,28+,30+/m0/s1. The predicted octanol–water partition coefficient (Wildman–Crippen LogP) is 6.16. The van der Waals surface area contributed by atoms with Crippen molar-refractivity contribution in [3.63, 3.8) is 0 Å². The monoisotopic (exact) mass is 542 g/mol. The normalized spacial score (nSPS) is 20.5. The molecule has 2 aromatic rings. The van der Waals surface area contributed by atoms with Crippen LogP contribution in [0.3, 0.4) is 0 Å². The average Bonchev–Trinajstić information content (AvgIpc) is 3.64. The summed E-state index contributed by atoms with van der Waals surface area (Å²) < 4.78 is 11.7. The second-order valence-corrected chi connectivity index (χ2v) is 11.9. The number of benzene rings is 1. The van der Waals surface area contributed by atoms with Gasteiger partial charge in [0.2, 0.25) is 5.91 Å². The lowest BCUT2D eigenvalue weighted by atomic mass is 9.85. The Balaban J connectivity index is 1.70. The lowest BCUT2D eigenvalue weighted by molar-refractivity contribution is -0.142. The number of Topliss-reactive ketones (excluding diaryl/α,β-unsaturated/α-hetero) is 1. The van der Waals surface area contributed by atoms with Gasteiger partial charge in [-0.15, -0.1) is 11.3 Å². The minimum absolute atomic E-state index is 0.0238. The Morgan fingerprint density at radius 1 is 1.11 bits per heavy atom. The van der Waals surface area contributed by atoms with E-state index in [1.165, 1.54) is 5.56 Å². The Hall–Kier alpha value is -2.09. The zero-order valence-corrected chi connectivity index (χ0v) is 24.8. The van der Waals surface area contributed by atoms with E-state index >= 15 is 0 Å². The largest absolute Gasteiger partial charge is 0.381 e. The lowest BCUT2D eigenvalue weighted by Gasteiger charge is -2.35. The van der Waals surface area contributed by atoms with Crippen LogP contribution in [-0.4, -0.2) is 60.6 Å². The number of rotatable bonds is 15. The molecule has 1 aliphatic heterocycles. The summed E-state index contributed by atoms with van der Waals surface area (Å²) in [6.07, 6.45) is 5.71. The van der Waals surface area contributed by atoms with Crippen LogP contribution < -0.4 is 0 Å². The van der Waals surface area contributed by atoms with E-state index in [4.69, 9.17) is 9.47 Å². The molecule has 1 aromatic heterocycles. The molecule has 7 heteroatoms. The molecule has 0 radical (unpaired) electrons. The van der Waals surface area contributed by atoms with Crippen LogP contribution in [0.4, 0.5) is 0 Å². The summed E-state index contributed by atoms with van der Waals surface area (Å²) in [5, 5.41) is 2.96. The number of hydrogen-bond donors (Lipinski definition) is 0. The van der Waals surface area contributed by atoms with Crippen LogP contribution in [0.1, 0.15) is 76.3 Å². The van der Waals surface area contributed by atoms with Gasteiger partial charge in [0.25, 0.3) is 0 Å². The van der Waals surface area contributed by atoms with Gasteiger partial charge in [0.1, 0.15) is 5.78 Å². The minimum Gasteiger partial charge on any atom is -0.381 e. The zero-order valence-electron chi connectivity index (χ0n) is 24.0. The average molecular weight is 543 g/mol. The summed E-state index contributed by atoms with van der Waals surface area (Å²) in [5.74, 6) is 0.729. The van der Waals surface area contributed by atoms with Gasteiger partial charge in [-0.25, -0.2) is 4.98 Å². The third-order valence-electron chi connectivity index (χ3n) is 8.65. The molecular formula is C31H46N2O4S. The molecule has 0 saturated carbocycles. The molecule has 210 valence electrons. The summed E-state index contributed by atoms with van der Waals surface area (Å²) >= 11 is 1.60. The number of methoxy groups -OCH3 is 2. The van der Waals surface area contributed by atoms with E-state index in [-0.39, 0.29) is 41.8 Å². The van der Waals surface area contributed by atoms with Crippen molar-refractivity contribution in [2.75, 3.05) is 20.8 Å². The van der Waals surface area contributed by atoms with E-state index in [0.29, 0.717) is 31.2 Å². The first-order valence-corrected chi connectivity index (χ1v) is 15.0. The molecule has 0 bridgehead atoms. The highest BCUT2D eigenvalue weighted by Gasteiger charge is 2.41. The lowest BCUT2D eigenvalue weighted by Crippen LogP contribution is -2.49. The number of carbonyl (C=O) groups excluding carboxylic acids is 2. The topological polar surface area (TPSA) is 68.7 Å². The molecular weight excluding hydrogens is 496 g/mol. The van der Waals surface area contributed by atoms with Crippen LogP contribution in [0, 0.1) is 17.8 Å². The van der Waals surface area contributed by atoms with E-state index in [2.05, 4.69) is 37.9 Å². The highest BCUT2D eigenvalue weighted by atomic mass is 32.1. The van der Waals surface area contributed by atoms with E-state index in [1.807, 2.05) is 35.4 Å². The number of aromatic nitrogens is 1. The first kappa shape index (κ1) is 30.5. The summed E-state index contributed by atoms with van der Waals surface area (Å²) in [4.78, 5) is 33.7. The smallest absolute Gasteiger partial charge is 0.225 e. The van der Waals surface area contributed by atoms with Crippen molar-refractivity contribution in [1.29, 1.82) is 0 Å². The fourth-order valence-electron chi connectivity index (χ4n) is 5.84. The number of amides is 1. The molecule has 3 rings (SSSR count). The Morgan fingerprint density at radius 3 is 2.45 bits per heavy atom. The molecule has 1 saturated heterocycles. The number of nitrogens with zero attached hydrogens (tertiary/aromatic N) is 2. The SMILES string of the molecule is CC[C@H](C)[C@H](C)[C@@H](CC(=O)N1CCC[C@H]1[C@H](OC)[C@@H](C)C(=O)C[C@@H](Cc1ccccc1)c1nccs1)OC. The van der Waals surface area contributed by atoms with Gasteiger partial charge in [-0.3, -0.25) is 9.59 Å². The van der Waals surface area contributed by atoms with Gasteiger partial charge in [-0.05, 0) is 36.7 Å². The molecule has 38 heavy (non-hydrogen) atoms. The van der Waals surface area contributed by atoms with Crippen molar-refractivity contribution < 1.29 is 19.1 Å². The summed E-state index contributed by atoms with van der Waals surface area (Å²) in [7, 11) is 3.37. The number of thiazole rings is 1. The molecule has 0 aliphatic carbocycles. The first-order chi connectivity index (χ1) is 18.3. The second kappa shape index (κ2) is 14.9. The van der Waals surface area contributed by atoms with Gasteiger partial charge in [0.15, 0.2) is 0 Å². The van der Waals surface area contributed by atoms with Crippen LogP contribution in [0.2, 0.25) is 0 Å². The van der Waals surface area contributed by atoms with Gasteiger partial charge < -0.3 is 14.4 Å². The van der Waals surface area contributed by atoms with Gasteiger partial charge in [0.05, 0.1) is 29.7 Å². The number of carbonyl (C=O) groups is 2. The minimum atomic E-state index is -0.337. The highest BCUT2D eigenvalue weighted by molar-refractivity contribution is 7.09. The van der Waals surface area contributed by atoms with E-state index in [0.717, 1.165) is 30.7 Å². The van der Waals surface area contributed by atoms with Crippen molar-refractivity contribution >= 4 is 23.0 Å². The van der Waals surface area contributed by atoms with E-state index in [1.54, 1.807) is 31.8 Å². The van der Waals surface area contributed by atoms with Gasteiger partial charge in [-0.2, -0.15) is 0 Å². The molecule has 1 amide bonds. The van der Waals surface area contributed by atoms with Gasteiger partial charge >= 0.3 is 0 Å². The third-order valence-corrected chi connectivity index (χ3v) is 9.59. The summed E-state index contributed by atoms with van der Waals surface area (Å²) in [5.41, 5.74) is 1.20. The van der Waals surface area contributed by atoms with Crippen molar-refractivity contribution in [2.24, 2.45) is 17.8 Å². The number of ether oxygens (including phenoxy) is 2. The third kappa shape index (κ3) is 7.73. The van der Waals surface area contributed by atoms with Crippen LogP contribution in [0.5, 0.6) is 0 Å². The quantitative estimate of drug-likeness (QED) is 0.270. The molecule has 0 N–H and O–H groups in total. The molecule has 0 spiro atoms. The molecule has 2 heterocycles. The predicted molar refractivity (Wildman–Crippen MR) is 153 cm³/mol. The molecule has 1 aromatic carbocycles. The molecule has 1 aliphatic rings. The van der Waals surface area contributed by atoms with Crippen molar-refractivity contribution in [1.82, 2.24) is 9.88 Å². The zero-order chi connectivity index (χ0) is 27.7. The molecule has 7 atom stereocenters. The van der Waals surface area contributed by atoms with Crippen LogP contribution in [0.25, 0.3) is 0 Å². The Labute approximate surface area is 233 Å². The maximum Gasteiger partial charge on any atom is 0.225 e. The second-order valence-electron chi connectivity index (χ2n) is 10.9. The van der Waals surface area contributed by atoms with Crippen molar-refractivity contribution in [3.05, 3.63) is 52.5 Å². The number of hydrogen-bond acceptors (Lipinski definition) is 6. The van der Waals surface area contributed by atoms with E-state index < -0.39 is 0 Å². The Kier molecular flexibility index (Phi) is 11.9. The van der Waals surface area contributed by atoms with Gasteiger partial charge in [0, 0.05) is 50.6 Å². The first-order valence-electron chi connectivity index (χ1n) is 14.1. The fourth-order valence-corrected chi connectivity index (χ4v) is 6.59. The van der Waals surface area contributed by atoms with Crippen LogP contribution in [0.15, 0.2) is 41.9 Å².